The van der Waals surface area contributed by atoms with E-state index in [0.717, 1.165) is 17.0 Å². The lowest BCUT2D eigenvalue weighted by molar-refractivity contribution is -0.123. The summed E-state index contributed by atoms with van der Waals surface area (Å²) in [5.41, 5.74) is 6.84. The molecule has 0 spiro atoms. The van der Waals surface area contributed by atoms with Crippen molar-refractivity contribution in [2.45, 2.75) is 6.92 Å². The first kappa shape index (κ1) is 19.9. The molecule has 0 saturated carbocycles. The Bertz CT molecular complexity index is 676. The molecule has 4 N–H and O–H groups in total. The summed E-state index contributed by atoms with van der Waals surface area (Å²) in [6, 6.07) is 7.57. The van der Waals surface area contributed by atoms with Gasteiger partial charge in [0.1, 0.15) is 5.75 Å². The van der Waals surface area contributed by atoms with Gasteiger partial charge in [-0.1, -0.05) is 0 Å². The molecule has 0 bridgehead atoms. The first-order valence-electron chi connectivity index (χ1n) is 7.07. The van der Waals surface area contributed by atoms with Crippen LogP contribution >= 0.6 is 23.7 Å². The smallest absolute Gasteiger partial charge is 0.245 e. The number of benzene rings is 1. The second-order valence-corrected chi connectivity index (χ2v) is 5.38. The fourth-order valence-electron chi connectivity index (χ4n) is 1.77. The van der Waals surface area contributed by atoms with Crippen molar-refractivity contribution in [3.63, 3.8) is 0 Å². The largest absolute Gasteiger partial charge is 0.494 e. The van der Waals surface area contributed by atoms with E-state index in [-0.39, 0.29) is 37.3 Å². The average molecular weight is 371 g/mol. The molecule has 1 aromatic carbocycles. The quantitative estimate of drug-likeness (QED) is 0.687. The highest BCUT2D eigenvalue weighted by molar-refractivity contribution is 7.14. The standard InChI is InChI=1S/C15H18N4O3S.ClH/c1-2-22-11-5-3-10(4-6-11)12-9-23-15(18-12)19-14(21)8-17-13(20)7-16;/h3-6,9H,2,7-8,16H2,1H3,(H,17,20)(H,18,19,21);1H. The summed E-state index contributed by atoms with van der Waals surface area (Å²) in [5.74, 6) is 0.0735. The average Bonchev–Trinajstić information content (AvgIpc) is 3.02. The van der Waals surface area contributed by atoms with Crippen LogP contribution in [0.4, 0.5) is 5.13 Å². The van der Waals surface area contributed by atoms with E-state index in [9.17, 15) is 9.59 Å². The molecule has 24 heavy (non-hydrogen) atoms. The lowest BCUT2D eigenvalue weighted by atomic mass is 10.2. The van der Waals surface area contributed by atoms with E-state index in [1.54, 1.807) is 0 Å². The molecule has 0 aliphatic heterocycles. The van der Waals surface area contributed by atoms with Crippen molar-refractivity contribution in [1.82, 2.24) is 10.3 Å². The van der Waals surface area contributed by atoms with Gasteiger partial charge in [0, 0.05) is 10.9 Å². The molecular formula is C15H19ClN4O3S. The second kappa shape index (κ2) is 9.86. The lowest BCUT2D eigenvalue weighted by Crippen LogP contribution is -2.36. The zero-order valence-electron chi connectivity index (χ0n) is 13.1. The van der Waals surface area contributed by atoms with Gasteiger partial charge < -0.3 is 21.1 Å². The van der Waals surface area contributed by atoms with Gasteiger partial charge in [0.05, 0.1) is 25.4 Å². The molecule has 130 valence electrons. The number of anilines is 1. The van der Waals surface area contributed by atoms with Crippen molar-refractivity contribution < 1.29 is 14.3 Å². The van der Waals surface area contributed by atoms with Crippen LogP contribution in [0.1, 0.15) is 6.92 Å². The molecule has 0 aliphatic rings. The number of halogens is 1. The van der Waals surface area contributed by atoms with Crippen LogP contribution in [0.5, 0.6) is 5.75 Å². The molecule has 2 rings (SSSR count). The highest BCUT2D eigenvalue weighted by Gasteiger charge is 2.09. The minimum absolute atomic E-state index is 0. The summed E-state index contributed by atoms with van der Waals surface area (Å²) in [4.78, 5) is 27.0. The van der Waals surface area contributed by atoms with E-state index in [1.807, 2.05) is 36.6 Å². The third-order valence-corrected chi connectivity index (χ3v) is 3.60. The Hall–Kier alpha value is -2.16. The number of carbonyl (C=O) groups is 2. The monoisotopic (exact) mass is 370 g/mol. The number of hydrogen-bond acceptors (Lipinski definition) is 6. The molecular weight excluding hydrogens is 352 g/mol. The number of amides is 2. The maximum Gasteiger partial charge on any atom is 0.245 e. The number of thiazole rings is 1. The molecule has 2 amide bonds. The van der Waals surface area contributed by atoms with E-state index in [2.05, 4.69) is 15.6 Å². The van der Waals surface area contributed by atoms with Gasteiger partial charge in [-0.25, -0.2) is 4.98 Å². The minimum Gasteiger partial charge on any atom is -0.494 e. The summed E-state index contributed by atoms with van der Waals surface area (Å²) in [6.07, 6.45) is 0. The van der Waals surface area contributed by atoms with Gasteiger partial charge >= 0.3 is 0 Å². The highest BCUT2D eigenvalue weighted by atomic mass is 35.5. The summed E-state index contributed by atoms with van der Waals surface area (Å²) >= 11 is 1.32. The fraction of sp³-hybridized carbons (Fsp3) is 0.267. The van der Waals surface area contributed by atoms with Gasteiger partial charge in [-0.05, 0) is 31.2 Å². The lowest BCUT2D eigenvalue weighted by Gasteiger charge is -2.04. The van der Waals surface area contributed by atoms with Crippen LogP contribution in [-0.4, -0.2) is 36.5 Å². The van der Waals surface area contributed by atoms with E-state index >= 15 is 0 Å². The number of aromatic nitrogens is 1. The van der Waals surface area contributed by atoms with Crippen molar-refractivity contribution >= 4 is 40.7 Å². The van der Waals surface area contributed by atoms with E-state index in [0.29, 0.717) is 11.7 Å². The number of nitrogens with one attached hydrogen (secondary N) is 2. The Morgan fingerprint density at radius 2 is 1.96 bits per heavy atom. The van der Waals surface area contributed by atoms with Gasteiger partial charge in [0.15, 0.2) is 5.13 Å². The zero-order chi connectivity index (χ0) is 16.7. The Balaban J connectivity index is 0.00000288. The van der Waals surface area contributed by atoms with Crippen LogP contribution in [-0.2, 0) is 9.59 Å². The molecule has 1 heterocycles. The van der Waals surface area contributed by atoms with E-state index in [1.165, 1.54) is 11.3 Å². The predicted molar refractivity (Wildman–Crippen MR) is 96.7 cm³/mol. The molecule has 1 aromatic heterocycles. The molecule has 0 fully saturated rings. The summed E-state index contributed by atoms with van der Waals surface area (Å²) in [7, 11) is 0. The highest BCUT2D eigenvalue weighted by Crippen LogP contribution is 2.26. The van der Waals surface area contributed by atoms with Crippen molar-refractivity contribution in [2.24, 2.45) is 5.73 Å². The number of carbonyl (C=O) groups excluding carboxylic acids is 2. The number of ether oxygens (including phenoxy) is 1. The Morgan fingerprint density at radius 1 is 1.25 bits per heavy atom. The van der Waals surface area contributed by atoms with Crippen molar-refractivity contribution in [3.05, 3.63) is 29.6 Å². The Morgan fingerprint density at radius 3 is 2.58 bits per heavy atom. The zero-order valence-corrected chi connectivity index (χ0v) is 14.7. The third-order valence-electron chi connectivity index (χ3n) is 2.84. The first-order chi connectivity index (χ1) is 11.1. The number of hydrogen-bond donors (Lipinski definition) is 3. The van der Waals surface area contributed by atoms with Crippen LogP contribution in [0.25, 0.3) is 11.3 Å². The van der Waals surface area contributed by atoms with Gasteiger partial charge in [-0.3, -0.25) is 9.59 Å². The minimum atomic E-state index is -0.380. The first-order valence-corrected chi connectivity index (χ1v) is 7.95. The molecule has 7 nitrogen and oxygen atoms in total. The molecule has 0 unspecified atom stereocenters. The number of rotatable bonds is 7. The van der Waals surface area contributed by atoms with Gasteiger partial charge in [-0.2, -0.15) is 0 Å². The van der Waals surface area contributed by atoms with Gasteiger partial charge in [0.25, 0.3) is 0 Å². The molecule has 0 saturated heterocycles. The maximum atomic E-state index is 11.7. The Labute approximate surface area is 150 Å². The van der Waals surface area contributed by atoms with Crippen molar-refractivity contribution in [1.29, 1.82) is 0 Å². The maximum absolute atomic E-state index is 11.7. The topological polar surface area (TPSA) is 106 Å². The van der Waals surface area contributed by atoms with E-state index < -0.39 is 0 Å². The second-order valence-electron chi connectivity index (χ2n) is 4.52. The van der Waals surface area contributed by atoms with Crippen LogP contribution in [0, 0.1) is 0 Å². The summed E-state index contributed by atoms with van der Waals surface area (Å²) < 4.78 is 5.39. The van der Waals surface area contributed by atoms with E-state index in [4.69, 9.17) is 10.5 Å². The van der Waals surface area contributed by atoms with Crippen LogP contribution < -0.4 is 21.1 Å². The number of nitrogens with zero attached hydrogens (tertiary/aromatic N) is 1. The van der Waals surface area contributed by atoms with Gasteiger partial charge in [0.2, 0.25) is 11.8 Å². The number of nitrogens with two attached hydrogens (primary N) is 1. The van der Waals surface area contributed by atoms with Crippen molar-refractivity contribution in [2.75, 3.05) is 25.0 Å². The van der Waals surface area contributed by atoms with Crippen molar-refractivity contribution in [3.8, 4) is 17.0 Å². The SMILES string of the molecule is CCOc1ccc(-c2csc(NC(=O)CNC(=O)CN)n2)cc1.Cl. The predicted octanol–water partition coefficient (Wildman–Crippen LogP) is 1.64. The molecule has 9 heteroatoms. The van der Waals surface area contributed by atoms with Gasteiger partial charge in [-0.15, -0.1) is 23.7 Å². The Kier molecular flexibility index (Phi) is 8.17. The molecule has 0 aliphatic carbocycles. The molecule has 2 aromatic rings. The molecule has 0 radical (unpaired) electrons. The van der Waals surface area contributed by atoms with Crippen LogP contribution in [0.15, 0.2) is 29.6 Å². The fourth-order valence-corrected chi connectivity index (χ4v) is 2.50. The normalized spacial score (nSPS) is 9.75. The summed E-state index contributed by atoms with van der Waals surface area (Å²) in [5, 5.41) is 7.35. The molecule has 0 atom stereocenters. The van der Waals surface area contributed by atoms with Crippen LogP contribution in [0.2, 0.25) is 0 Å². The summed E-state index contributed by atoms with van der Waals surface area (Å²) in [6.45, 7) is 2.27. The van der Waals surface area contributed by atoms with Crippen LogP contribution in [0.3, 0.4) is 0 Å². The third kappa shape index (κ3) is 5.80.